The molecule has 4 aromatic rings. The summed E-state index contributed by atoms with van der Waals surface area (Å²) in [5.74, 6) is 1.89. The largest absolute Gasteiger partial charge is 0.438 e. The molecule has 0 saturated carbocycles. The van der Waals surface area contributed by atoms with Crippen LogP contribution in [0.15, 0.2) is 47.1 Å². The van der Waals surface area contributed by atoms with Crippen LogP contribution >= 0.6 is 0 Å². The Bertz CT molecular complexity index is 1280. The summed E-state index contributed by atoms with van der Waals surface area (Å²) in [5.41, 5.74) is 8.22. The fourth-order valence-electron chi connectivity index (χ4n) is 3.60. The van der Waals surface area contributed by atoms with E-state index in [9.17, 15) is 4.79 Å². The molecule has 5 rings (SSSR count). The first-order valence-corrected chi connectivity index (χ1v) is 10.2. The number of benzene rings is 1. The summed E-state index contributed by atoms with van der Waals surface area (Å²) in [6.07, 6.45) is 3.18. The minimum atomic E-state index is -0.136. The lowest BCUT2D eigenvalue weighted by atomic mass is 10.1. The van der Waals surface area contributed by atoms with E-state index < -0.39 is 0 Å². The van der Waals surface area contributed by atoms with Crippen LogP contribution in [-0.2, 0) is 9.53 Å². The number of amides is 1. The second kappa shape index (κ2) is 8.23. The number of carbonyl (C=O) groups is 1. The number of aromatic nitrogens is 4. The van der Waals surface area contributed by atoms with E-state index in [1.54, 1.807) is 12.4 Å². The fraction of sp³-hybridized carbons (Fsp3) is 0.227. The van der Waals surface area contributed by atoms with Gasteiger partial charge < -0.3 is 25.1 Å². The molecule has 1 aromatic carbocycles. The number of fused-ring (bicyclic) bond motifs is 1. The van der Waals surface area contributed by atoms with Crippen molar-refractivity contribution in [3.8, 4) is 22.7 Å². The van der Waals surface area contributed by atoms with Crippen molar-refractivity contribution in [1.82, 2.24) is 19.9 Å². The van der Waals surface area contributed by atoms with Crippen molar-refractivity contribution in [3.63, 3.8) is 0 Å². The first-order valence-electron chi connectivity index (χ1n) is 10.2. The smallest absolute Gasteiger partial charge is 0.232 e. The molecule has 1 aliphatic rings. The average Bonchev–Trinajstić information content (AvgIpc) is 3.24. The van der Waals surface area contributed by atoms with E-state index in [0.717, 1.165) is 16.8 Å². The lowest BCUT2D eigenvalue weighted by Crippen LogP contribution is -2.37. The molecule has 10 nitrogen and oxygen atoms in total. The Morgan fingerprint density at radius 1 is 1.09 bits per heavy atom. The monoisotopic (exact) mass is 431 g/mol. The number of hydrogen-bond donors (Lipinski definition) is 2. The van der Waals surface area contributed by atoms with Crippen molar-refractivity contribution in [2.75, 3.05) is 42.3 Å². The number of nitrogens with zero attached hydrogens (tertiary/aromatic N) is 5. The summed E-state index contributed by atoms with van der Waals surface area (Å²) < 4.78 is 11.6. The molecule has 4 heterocycles. The van der Waals surface area contributed by atoms with Crippen LogP contribution in [0.1, 0.15) is 6.92 Å². The summed E-state index contributed by atoms with van der Waals surface area (Å²) in [6.45, 7) is 4.13. The first kappa shape index (κ1) is 19.9. The molecule has 0 bridgehead atoms. The molecule has 10 heteroatoms. The minimum Gasteiger partial charge on any atom is -0.438 e. The predicted octanol–water partition coefficient (Wildman–Crippen LogP) is 2.72. The first-order chi connectivity index (χ1) is 15.6. The maximum Gasteiger partial charge on any atom is 0.232 e. The van der Waals surface area contributed by atoms with Crippen LogP contribution < -0.4 is 16.0 Å². The third kappa shape index (κ3) is 3.95. The number of ether oxygens (including phenoxy) is 1. The van der Waals surface area contributed by atoms with Gasteiger partial charge in [-0.05, 0) is 18.2 Å². The molecule has 1 amide bonds. The van der Waals surface area contributed by atoms with Gasteiger partial charge in [0.25, 0.3) is 0 Å². The molecule has 162 valence electrons. The number of anilines is 3. The Morgan fingerprint density at radius 2 is 1.88 bits per heavy atom. The van der Waals surface area contributed by atoms with Crippen LogP contribution in [0, 0.1) is 0 Å². The second-order valence-electron chi connectivity index (χ2n) is 7.39. The molecule has 0 unspecified atom stereocenters. The Kier molecular flexibility index (Phi) is 5.12. The van der Waals surface area contributed by atoms with E-state index in [0.29, 0.717) is 54.9 Å². The maximum absolute atomic E-state index is 11.4. The molecule has 32 heavy (non-hydrogen) atoms. The molecule has 0 aliphatic carbocycles. The van der Waals surface area contributed by atoms with E-state index in [1.807, 2.05) is 30.3 Å². The fourth-order valence-corrected chi connectivity index (χ4v) is 3.60. The molecule has 0 spiro atoms. The van der Waals surface area contributed by atoms with Crippen molar-refractivity contribution in [1.29, 1.82) is 0 Å². The van der Waals surface area contributed by atoms with Gasteiger partial charge in [-0.15, -0.1) is 0 Å². The van der Waals surface area contributed by atoms with Crippen LogP contribution in [0.2, 0.25) is 0 Å². The minimum absolute atomic E-state index is 0.136. The van der Waals surface area contributed by atoms with E-state index in [4.69, 9.17) is 19.9 Å². The highest BCUT2D eigenvalue weighted by Crippen LogP contribution is 2.34. The van der Waals surface area contributed by atoms with Crippen LogP contribution in [0.3, 0.4) is 0 Å². The number of hydrogen-bond acceptors (Lipinski definition) is 9. The number of carbonyl (C=O) groups excluding carboxylic acids is 1. The van der Waals surface area contributed by atoms with Gasteiger partial charge in [0.05, 0.1) is 24.2 Å². The highest BCUT2D eigenvalue weighted by Gasteiger charge is 2.21. The number of morpholine rings is 1. The number of nitrogens with two attached hydrogens (primary N) is 1. The Labute approximate surface area is 183 Å². The zero-order valence-corrected chi connectivity index (χ0v) is 17.4. The van der Waals surface area contributed by atoms with Crippen molar-refractivity contribution in [3.05, 3.63) is 42.7 Å². The van der Waals surface area contributed by atoms with Gasteiger partial charge in [0.2, 0.25) is 17.6 Å². The van der Waals surface area contributed by atoms with E-state index in [-0.39, 0.29) is 11.9 Å². The van der Waals surface area contributed by atoms with Gasteiger partial charge in [0, 0.05) is 43.7 Å². The van der Waals surface area contributed by atoms with Crippen LogP contribution in [0.4, 0.5) is 17.5 Å². The third-order valence-electron chi connectivity index (χ3n) is 5.08. The lowest BCUT2D eigenvalue weighted by molar-refractivity contribution is -0.114. The molecule has 0 atom stereocenters. The summed E-state index contributed by atoms with van der Waals surface area (Å²) in [5, 5.41) is 3.59. The Hall–Kier alpha value is -4.05. The topological polar surface area (TPSA) is 132 Å². The van der Waals surface area contributed by atoms with Gasteiger partial charge in [0.1, 0.15) is 11.6 Å². The second-order valence-corrected chi connectivity index (χ2v) is 7.39. The molecule has 1 aliphatic heterocycles. The van der Waals surface area contributed by atoms with Gasteiger partial charge >= 0.3 is 0 Å². The van der Waals surface area contributed by atoms with Crippen molar-refractivity contribution in [2.45, 2.75) is 6.92 Å². The Morgan fingerprint density at radius 3 is 2.62 bits per heavy atom. The molecule has 3 aromatic heterocycles. The van der Waals surface area contributed by atoms with Gasteiger partial charge in [0.15, 0.2) is 5.82 Å². The van der Waals surface area contributed by atoms with Crippen molar-refractivity contribution >= 4 is 34.5 Å². The van der Waals surface area contributed by atoms with Crippen molar-refractivity contribution < 1.29 is 13.9 Å². The van der Waals surface area contributed by atoms with E-state index in [2.05, 4.69) is 25.2 Å². The number of rotatable bonds is 4. The number of nitrogens with one attached hydrogen (secondary N) is 1. The standard InChI is InChI=1S/C22H21N7O3/c1-13(30)26-16-4-2-3-14(9-16)18-10-17-20(29-5-7-31-8-6-29)27-19(28-21(17)32-18)15-11-24-22(23)25-12-15/h2-4,9-12H,5-8H2,1H3,(H,26,30)(H2,23,24,25). The van der Waals surface area contributed by atoms with E-state index in [1.165, 1.54) is 6.92 Å². The van der Waals surface area contributed by atoms with Gasteiger partial charge in [-0.2, -0.15) is 4.98 Å². The normalized spacial score (nSPS) is 14.0. The quantitative estimate of drug-likeness (QED) is 0.500. The summed E-state index contributed by atoms with van der Waals surface area (Å²) in [6, 6.07) is 9.39. The molecule has 1 saturated heterocycles. The zero-order chi connectivity index (χ0) is 22.1. The van der Waals surface area contributed by atoms with Crippen LogP contribution in [0.25, 0.3) is 33.8 Å². The summed E-state index contributed by atoms with van der Waals surface area (Å²) >= 11 is 0. The highest BCUT2D eigenvalue weighted by molar-refractivity contribution is 5.92. The van der Waals surface area contributed by atoms with Gasteiger partial charge in [-0.3, -0.25) is 4.79 Å². The highest BCUT2D eigenvalue weighted by atomic mass is 16.5. The summed E-state index contributed by atoms with van der Waals surface area (Å²) in [7, 11) is 0. The molecular weight excluding hydrogens is 410 g/mol. The van der Waals surface area contributed by atoms with Gasteiger partial charge in [-0.25, -0.2) is 15.0 Å². The predicted molar refractivity (Wildman–Crippen MR) is 120 cm³/mol. The number of nitrogen functional groups attached to an aromatic ring is 1. The van der Waals surface area contributed by atoms with Crippen LogP contribution in [0.5, 0.6) is 0 Å². The zero-order valence-electron chi connectivity index (χ0n) is 17.4. The summed E-state index contributed by atoms with van der Waals surface area (Å²) in [4.78, 5) is 31.1. The van der Waals surface area contributed by atoms with E-state index >= 15 is 0 Å². The SMILES string of the molecule is CC(=O)Nc1cccc(-c2cc3c(N4CCOCC4)nc(-c4cnc(N)nc4)nc3o2)c1. The molecule has 0 radical (unpaired) electrons. The lowest BCUT2D eigenvalue weighted by Gasteiger charge is -2.28. The van der Waals surface area contributed by atoms with Crippen LogP contribution in [-0.4, -0.2) is 52.1 Å². The molecule has 3 N–H and O–H groups in total. The molecule has 1 fully saturated rings. The maximum atomic E-state index is 11.4. The Balaban J connectivity index is 1.63. The molecular formula is C22H21N7O3. The van der Waals surface area contributed by atoms with Crippen molar-refractivity contribution in [2.24, 2.45) is 0 Å². The third-order valence-corrected chi connectivity index (χ3v) is 5.08. The number of furan rings is 1. The average molecular weight is 431 g/mol. The van der Waals surface area contributed by atoms with Gasteiger partial charge in [-0.1, -0.05) is 12.1 Å².